The first-order valence-electron chi connectivity index (χ1n) is 17.8. The maximum absolute atomic E-state index is 12.7. The highest BCUT2D eigenvalue weighted by Gasteiger charge is 2.50. The van der Waals surface area contributed by atoms with Crippen LogP contribution in [0.2, 0.25) is 0 Å². The number of carboxylic acid groups (broad SMARTS) is 1. The average Bonchev–Trinajstić information content (AvgIpc) is 3.74. The van der Waals surface area contributed by atoms with E-state index in [2.05, 4.69) is 50.3 Å². The zero-order valence-electron chi connectivity index (χ0n) is 32.4. The van der Waals surface area contributed by atoms with Crippen LogP contribution in [-0.4, -0.2) is 140 Å². The SMILES string of the molecule is CC(C)(COP(=O)(O)OP(=O)(O)OC[C@H]1O[C@@H](n2cnc3c(N)ncnc32)[C@H](O)[C@@H]1OP(=O)(O)O)[C@@H](O)C(=O)NCCC(=O)NCCSC(CC(=O)c1ccccc1Br)C(=O)O. The first-order chi connectivity index (χ1) is 28.8. The summed E-state index contributed by atoms with van der Waals surface area (Å²) in [4.78, 5) is 100. The number of carbonyl (C=O) groups excluding carboxylic acids is 3. The molecule has 1 saturated heterocycles. The Kier molecular flexibility index (Phi) is 17.9. The first-order valence-corrected chi connectivity index (χ1v) is 24.2. The van der Waals surface area contributed by atoms with Crippen molar-refractivity contribution < 1.29 is 90.4 Å². The third-order valence-corrected chi connectivity index (χ3v) is 13.6. The molecule has 3 heterocycles. The number of phosphoric ester groups is 3. The van der Waals surface area contributed by atoms with Gasteiger partial charge in [-0.15, -0.1) is 11.8 Å². The highest BCUT2D eigenvalue weighted by Crippen LogP contribution is 2.61. The number of hydrogen-bond donors (Lipinski definition) is 10. The molecule has 3 aromatic rings. The summed E-state index contributed by atoms with van der Waals surface area (Å²) in [5, 5.41) is 34.8. The number of amides is 2. The van der Waals surface area contributed by atoms with Gasteiger partial charge >= 0.3 is 29.4 Å². The predicted molar refractivity (Wildman–Crippen MR) is 217 cm³/mol. The van der Waals surface area contributed by atoms with Crippen molar-refractivity contribution in [3.63, 3.8) is 0 Å². The Bertz CT molecular complexity index is 2250. The molecule has 1 aliphatic rings. The van der Waals surface area contributed by atoms with Crippen molar-refractivity contribution in [3.8, 4) is 0 Å². The van der Waals surface area contributed by atoms with Gasteiger partial charge in [-0.3, -0.25) is 37.3 Å². The second kappa shape index (κ2) is 21.6. The minimum absolute atomic E-state index is 0.0164. The number of phosphoric acid groups is 3. The highest BCUT2D eigenvalue weighted by atomic mass is 79.9. The molecule has 31 heteroatoms. The Hall–Kier alpha value is -3.27. The number of ketones is 1. The molecule has 4 rings (SSSR count). The number of carboxylic acids is 1. The van der Waals surface area contributed by atoms with E-state index < -0.39 is 95.8 Å². The van der Waals surface area contributed by atoms with Gasteiger partial charge in [0.05, 0.1) is 19.5 Å². The number of rotatable bonds is 24. The van der Waals surface area contributed by atoms with Crippen LogP contribution in [0, 0.1) is 5.41 Å². The summed E-state index contributed by atoms with van der Waals surface area (Å²) in [7, 11) is -16.5. The number of hydrogen-bond acceptors (Lipinski definition) is 19. The zero-order valence-corrected chi connectivity index (χ0v) is 37.5. The van der Waals surface area contributed by atoms with Crippen molar-refractivity contribution in [2.24, 2.45) is 5.41 Å². The molecule has 2 aromatic heterocycles. The quantitative estimate of drug-likeness (QED) is 0.0334. The van der Waals surface area contributed by atoms with Crippen LogP contribution in [0.4, 0.5) is 5.82 Å². The highest BCUT2D eigenvalue weighted by molar-refractivity contribution is 9.10. The lowest BCUT2D eigenvalue weighted by Crippen LogP contribution is -2.46. The average molecular weight is 1020 g/mol. The minimum atomic E-state index is -5.61. The summed E-state index contributed by atoms with van der Waals surface area (Å²) in [6.45, 7) is 0.115. The molecule has 0 aliphatic carbocycles. The Morgan fingerprint density at radius 3 is 2.37 bits per heavy atom. The van der Waals surface area contributed by atoms with Crippen LogP contribution < -0.4 is 16.4 Å². The number of anilines is 1. The van der Waals surface area contributed by atoms with Gasteiger partial charge in [0.2, 0.25) is 11.8 Å². The molecule has 0 radical (unpaired) electrons. The number of aliphatic hydroxyl groups is 2. The number of imidazole rings is 1. The van der Waals surface area contributed by atoms with Crippen LogP contribution in [0.15, 0.2) is 41.4 Å². The number of benzene rings is 1. The molecule has 1 aromatic carbocycles. The van der Waals surface area contributed by atoms with Crippen LogP contribution in [0.1, 0.15) is 43.3 Å². The van der Waals surface area contributed by atoms with Crippen molar-refractivity contribution in [1.82, 2.24) is 30.2 Å². The predicted octanol–water partition coefficient (Wildman–Crippen LogP) is 0.627. The lowest BCUT2D eigenvalue weighted by molar-refractivity contribution is -0.137. The fourth-order valence-corrected chi connectivity index (χ4v) is 9.77. The Balaban J connectivity index is 1.21. The maximum Gasteiger partial charge on any atom is 0.481 e. The monoisotopic (exact) mass is 1020 g/mol. The van der Waals surface area contributed by atoms with Gasteiger partial charge < -0.3 is 56.0 Å². The summed E-state index contributed by atoms with van der Waals surface area (Å²) in [5.74, 6) is -3.06. The van der Waals surface area contributed by atoms with Crippen LogP contribution in [0.25, 0.3) is 11.2 Å². The normalized spacial score (nSPS) is 21.1. The van der Waals surface area contributed by atoms with E-state index in [1.165, 1.54) is 13.8 Å². The number of nitrogen functional groups attached to an aromatic ring is 1. The van der Waals surface area contributed by atoms with Gasteiger partial charge in [-0.2, -0.15) is 4.31 Å². The fourth-order valence-electron chi connectivity index (χ4n) is 5.51. The van der Waals surface area contributed by atoms with E-state index in [1.807, 2.05) is 0 Å². The van der Waals surface area contributed by atoms with Crippen LogP contribution >= 0.6 is 51.2 Å². The molecule has 0 spiro atoms. The number of aliphatic hydroxyl groups excluding tert-OH is 2. The molecule has 8 atom stereocenters. The number of thioether (sulfide) groups is 1. The first kappa shape index (κ1) is 51.4. The molecule has 344 valence electrons. The molecule has 1 fully saturated rings. The summed E-state index contributed by atoms with van der Waals surface area (Å²) >= 11 is 4.22. The van der Waals surface area contributed by atoms with E-state index in [4.69, 9.17) is 19.5 Å². The molecule has 0 bridgehead atoms. The standard InChI is InChI=1S/C31H43BrN7O19P3S/c1-31(2,25(43)28(44)35-8-7-21(41)34-9-10-62-20(30(45)46)11-18(40)16-5-3-4-6-17(16)32)13-55-61(52,53)58-60(50,51)54-12-19-24(57-59(47,48)49)23(42)29(56-19)39-15-38-22-26(33)36-14-37-27(22)39/h3-6,14-15,19-20,23-25,29,42-43H,7-13H2,1-2H3,(H,34,41)(H,35,44)(H,45,46)(H,50,51)(H,52,53)(H2,33,36,37)(H2,47,48,49)/t19-,20?,23-,24-,25+,29-/m1/s1. The van der Waals surface area contributed by atoms with Crippen LogP contribution in [0.3, 0.4) is 0 Å². The maximum atomic E-state index is 12.7. The van der Waals surface area contributed by atoms with E-state index in [-0.39, 0.29) is 54.4 Å². The zero-order chi connectivity index (χ0) is 46.2. The van der Waals surface area contributed by atoms with Gasteiger partial charge in [-0.25, -0.2) is 28.6 Å². The van der Waals surface area contributed by atoms with E-state index in [0.717, 1.165) is 29.0 Å². The number of aliphatic carboxylic acids is 1. The summed E-state index contributed by atoms with van der Waals surface area (Å²) in [6, 6.07) is 6.58. The van der Waals surface area contributed by atoms with Gasteiger partial charge in [-0.1, -0.05) is 48.0 Å². The molecule has 2 amide bonds. The number of nitrogens with zero attached hydrogens (tertiary/aromatic N) is 4. The smallest absolute Gasteiger partial charge is 0.480 e. The second-order valence-corrected chi connectivity index (χ2v) is 20.3. The molecular formula is C31H43BrN7O19P3S. The van der Waals surface area contributed by atoms with Gasteiger partial charge in [0.15, 0.2) is 23.5 Å². The third-order valence-electron chi connectivity index (χ3n) is 8.64. The molecule has 26 nitrogen and oxygen atoms in total. The number of aromatic nitrogens is 4. The van der Waals surface area contributed by atoms with Crippen molar-refractivity contribution in [2.45, 2.75) is 62.6 Å². The lowest BCUT2D eigenvalue weighted by atomic mass is 9.87. The molecule has 62 heavy (non-hydrogen) atoms. The molecule has 3 unspecified atom stereocenters. The summed E-state index contributed by atoms with van der Waals surface area (Å²) in [5.41, 5.74) is 4.52. The lowest BCUT2D eigenvalue weighted by Gasteiger charge is -2.30. The van der Waals surface area contributed by atoms with Crippen molar-refractivity contribution in [3.05, 3.63) is 47.0 Å². The van der Waals surface area contributed by atoms with E-state index in [9.17, 15) is 67.8 Å². The van der Waals surface area contributed by atoms with Gasteiger partial charge in [-0.05, 0) is 6.07 Å². The molecule has 0 saturated carbocycles. The second-order valence-electron chi connectivity index (χ2n) is 13.9. The number of carbonyl (C=O) groups is 4. The Morgan fingerprint density at radius 1 is 1.03 bits per heavy atom. The van der Waals surface area contributed by atoms with Crippen LogP contribution in [-0.2, 0) is 50.7 Å². The number of Topliss-reactive ketones (excluding diaryl/α,β-unsaturated/α-hetero) is 1. The number of fused-ring (bicyclic) bond motifs is 1. The number of halogens is 1. The van der Waals surface area contributed by atoms with Gasteiger partial charge in [0, 0.05) is 47.1 Å². The summed E-state index contributed by atoms with van der Waals surface area (Å²) in [6.07, 6.45) is -7.45. The molecular weight excluding hydrogens is 979 g/mol. The van der Waals surface area contributed by atoms with Crippen molar-refractivity contribution >= 4 is 91.7 Å². The van der Waals surface area contributed by atoms with E-state index in [0.29, 0.717) is 10.0 Å². The number of ether oxygens (including phenoxy) is 1. The number of nitrogens with two attached hydrogens (primary N) is 1. The Labute approximate surface area is 363 Å². The van der Waals surface area contributed by atoms with Crippen LogP contribution in [0.5, 0.6) is 0 Å². The topological polar surface area (TPSA) is 401 Å². The molecule has 1 aliphatic heterocycles. The van der Waals surface area contributed by atoms with Gasteiger partial charge in [0.25, 0.3) is 0 Å². The van der Waals surface area contributed by atoms with Crippen molar-refractivity contribution in [2.75, 3.05) is 37.8 Å². The number of nitrogens with one attached hydrogen (secondary N) is 2. The minimum Gasteiger partial charge on any atom is -0.480 e. The third kappa shape index (κ3) is 14.6. The van der Waals surface area contributed by atoms with Crippen molar-refractivity contribution in [1.29, 1.82) is 0 Å². The summed E-state index contributed by atoms with van der Waals surface area (Å²) < 4.78 is 62.7. The Morgan fingerprint density at radius 2 is 1.71 bits per heavy atom. The van der Waals surface area contributed by atoms with E-state index >= 15 is 0 Å². The van der Waals surface area contributed by atoms with E-state index in [1.54, 1.807) is 24.3 Å². The largest absolute Gasteiger partial charge is 0.481 e. The van der Waals surface area contributed by atoms with Gasteiger partial charge in [0.1, 0.15) is 41.5 Å². The molecule has 11 N–H and O–H groups in total. The fraction of sp³-hybridized carbons (Fsp3) is 0.516.